The Kier molecular flexibility index (Phi) is 3.40. The lowest BCUT2D eigenvalue weighted by molar-refractivity contribution is 0.802. The smallest absolute Gasteiger partial charge is 0.0436 e. The molecule has 0 aromatic heterocycles. The van der Waals surface area contributed by atoms with Crippen LogP contribution in [0.5, 0.6) is 0 Å². The van der Waals surface area contributed by atoms with Gasteiger partial charge in [0.25, 0.3) is 0 Å². The molecule has 0 aliphatic carbocycles. The van der Waals surface area contributed by atoms with Crippen molar-refractivity contribution < 1.29 is 0 Å². The van der Waals surface area contributed by atoms with Gasteiger partial charge in [-0.2, -0.15) is 0 Å². The topological polar surface area (TPSA) is 3.24 Å². The van der Waals surface area contributed by atoms with E-state index >= 15 is 0 Å². The number of benzene rings is 3. The fraction of sp³-hybridized carbons (Fsp3) is 0.143. The second-order valence-corrected chi connectivity index (χ2v) is 5.92. The minimum absolute atomic E-state index is 0.951. The minimum atomic E-state index is 0.951. The maximum absolute atomic E-state index is 2.50. The number of nitrogens with zero attached hydrogens (tertiary/aromatic N) is 1. The third-order valence-corrected chi connectivity index (χ3v) is 4.41. The Morgan fingerprint density at radius 1 is 0.636 bits per heavy atom. The Balaban J connectivity index is 1.76. The Bertz CT molecular complexity index is 777. The number of fused-ring (bicyclic) bond motifs is 2. The Labute approximate surface area is 131 Å². The Hall–Kier alpha value is -2.54. The first-order valence-electron chi connectivity index (χ1n) is 7.84. The van der Waals surface area contributed by atoms with Gasteiger partial charge in [0.05, 0.1) is 0 Å². The van der Waals surface area contributed by atoms with Crippen molar-refractivity contribution in [3.05, 3.63) is 101 Å². The summed E-state index contributed by atoms with van der Waals surface area (Å²) in [4.78, 5) is 2.50. The third-order valence-electron chi connectivity index (χ3n) is 4.41. The lowest BCUT2D eigenvalue weighted by atomic mass is 10.0. The van der Waals surface area contributed by atoms with Gasteiger partial charge in [-0.05, 0) is 34.7 Å². The lowest BCUT2D eigenvalue weighted by Crippen LogP contribution is -2.22. The van der Waals surface area contributed by atoms with Crippen LogP contribution in [-0.4, -0.2) is 0 Å². The summed E-state index contributed by atoms with van der Waals surface area (Å²) >= 11 is 0. The number of para-hydroxylation sites is 1. The van der Waals surface area contributed by atoms with Gasteiger partial charge in [0.1, 0.15) is 0 Å². The number of hydrogen-bond acceptors (Lipinski definition) is 1. The first-order valence-corrected chi connectivity index (χ1v) is 7.84. The van der Waals surface area contributed by atoms with Crippen molar-refractivity contribution in [3.63, 3.8) is 0 Å². The normalized spacial score (nSPS) is 13.2. The zero-order valence-electron chi connectivity index (χ0n) is 12.6. The fourth-order valence-electron chi connectivity index (χ4n) is 3.29. The summed E-state index contributed by atoms with van der Waals surface area (Å²) in [6.07, 6.45) is 1.03. The average molecular weight is 285 g/mol. The van der Waals surface area contributed by atoms with E-state index in [4.69, 9.17) is 0 Å². The Morgan fingerprint density at radius 3 is 2.09 bits per heavy atom. The van der Waals surface area contributed by atoms with Crippen LogP contribution < -0.4 is 4.90 Å². The van der Waals surface area contributed by atoms with Gasteiger partial charge in [-0.15, -0.1) is 0 Å². The van der Waals surface area contributed by atoms with Crippen molar-refractivity contribution in [3.8, 4) is 0 Å². The van der Waals surface area contributed by atoms with Crippen molar-refractivity contribution in [2.75, 3.05) is 4.90 Å². The van der Waals surface area contributed by atoms with Crippen molar-refractivity contribution in [2.45, 2.75) is 19.5 Å². The van der Waals surface area contributed by atoms with Gasteiger partial charge in [0, 0.05) is 18.8 Å². The molecule has 1 aliphatic rings. The molecule has 3 aromatic carbocycles. The SMILES string of the molecule is c1ccc(CN2Cc3ccccc3Cc3ccccc32)cc1. The van der Waals surface area contributed by atoms with E-state index in [9.17, 15) is 0 Å². The van der Waals surface area contributed by atoms with Gasteiger partial charge in [-0.3, -0.25) is 0 Å². The summed E-state index contributed by atoms with van der Waals surface area (Å²) in [7, 11) is 0. The second kappa shape index (κ2) is 5.69. The molecule has 108 valence electrons. The van der Waals surface area contributed by atoms with Crippen LogP contribution in [0.2, 0.25) is 0 Å². The van der Waals surface area contributed by atoms with E-state index in [0.29, 0.717) is 0 Å². The first kappa shape index (κ1) is 13.1. The van der Waals surface area contributed by atoms with Gasteiger partial charge in [-0.1, -0.05) is 72.8 Å². The highest BCUT2D eigenvalue weighted by molar-refractivity contribution is 5.58. The quantitative estimate of drug-likeness (QED) is 0.654. The van der Waals surface area contributed by atoms with Gasteiger partial charge >= 0.3 is 0 Å². The molecule has 0 fully saturated rings. The van der Waals surface area contributed by atoms with Crippen LogP contribution in [-0.2, 0) is 19.5 Å². The van der Waals surface area contributed by atoms with Gasteiger partial charge in [0.2, 0.25) is 0 Å². The van der Waals surface area contributed by atoms with E-state index in [1.165, 1.54) is 27.9 Å². The standard InChI is InChI=1S/C21H19N/c1-2-8-17(9-3-1)15-22-16-20-12-5-4-10-18(20)14-19-11-6-7-13-21(19)22/h1-13H,14-16H2. The van der Waals surface area contributed by atoms with Crippen LogP contribution in [0, 0.1) is 0 Å². The van der Waals surface area contributed by atoms with Crippen molar-refractivity contribution in [1.82, 2.24) is 0 Å². The van der Waals surface area contributed by atoms with Crippen LogP contribution in [0.1, 0.15) is 22.3 Å². The summed E-state index contributed by atoms with van der Waals surface area (Å²) in [5, 5.41) is 0. The third kappa shape index (κ3) is 2.50. The van der Waals surface area contributed by atoms with Crippen molar-refractivity contribution in [1.29, 1.82) is 0 Å². The van der Waals surface area contributed by atoms with Crippen LogP contribution >= 0.6 is 0 Å². The molecule has 0 bridgehead atoms. The molecule has 0 atom stereocenters. The van der Waals surface area contributed by atoms with Crippen LogP contribution in [0.4, 0.5) is 5.69 Å². The minimum Gasteiger partial charge on any atom is -0.363 e. The van der Waals surface area contributed by atoms with Crippen LogP contribution in [0.15, 0.2) is 78.9 Å². The summed E-state index contributed by atoms with van der Waals surface area (Å²) < 4.78 is 0. The fourth-order valence-corrected chi connectivity index (χ4v) is 3.29. The van der Waals surface area contributed by atoms with E-state index < -0.39 is 0 Å². The van der Waals surface area contributed by atoms with E-state index in [1.54, 1.807) is 0 Å². The molecule has 22 heavy (non-hydrogen) atoms. The van der Waals surface area contributed by atoms with E-state index in [2.05, 4.69) is 83.8 Å². The highest BCUT2D eigenvalue weighted by Gasteiger charge is 2.18. The zero-order chi connectivity index (χ0) is 14.8. The molecule has 1 nitrogen and oxygen atoms in total. The van der Waals surface area contributed by atoms with Gasteiger partial charge < -0.3 is 4.90 Å². The number of anilines is 1. The molecule has 0 N–H and O–H groups in total. The molecule has 4 rings (SSSR count). The molecular weight excluding hydrogens is 266 g/mol. The van der Waals surface area contributed by atoms with E-state index in [0.717, 1.165) is 19.5 Å². The molecule has 1 heterocycles. The van der Waals surface area contributed by atoms with E-state index in [1.807, 2.05) is 0 Å². The largest absolute Gasteiger partial charge is 0.363 e. The summed E-state index contributed by atoms with van der Waals surface area (Å²) in [6, 6.07) is 28.4. The second-order valence-electron chi connectivity index (χ2n) is 5.92. The number of hydrogen-bond donors (Lipinski definition) is 0. The maximum atomic E-state index is 2.50. The summed E-state index contributed by atoms with van der Waals surface area (Å²) in [5.74, 6) is 0. The first-order chi connectivity index (χ1) is 10.9. The van der Waals surface area contributed by atoms with Gasteiger partial charge in [-0.25, -0.2) is 0 Å². The molecule has 0 radical (unpaired) electrons. The van der Waals surface area contributed by atoms with E-state index in [-0.39, 0.29) is 0 Å². The molecule has 1 heteroatoms. The highest BCUT2D eigenvalue weighted by atomic mass is 15.1. The number of rotatable bonds is 2. The molecule has 3 aromatic rings. The summed E-state index contributed by atoms with van der Waals surface area (Å²) in [5.41, 5.74) is 7.03. The molecule has 0 saturated heterocycles. The monoisotopic (exact) mass is 285 g/mol. The molecule has 0 amide bonds. The zero-order valence-corrected chi connectivity index (χ0v) is 12.6. The molecule has 1 aliphatic heterocycles. The van der Waals surface area contributed by atoms with Gasteiger partial charge in [0.15, 0.2) is 0 Å². The lowest BCUT2D eigenvalue weighted by Gasteiger charge is -2.25. The highest BCUT2D eigenvalue weighted by Crippen LogP contribution is 2.31. The molecule has 0 saturated carbocycles. The molecular formula is C21H19N. The van der Waals surface area contributed by atoms with Crippen molar-refractivity contribution >= 4 is 5.69 Å². The predicted octanol–water partition coefficient (Wildman–Crippen LogP) is 4.80. The average Bonchev–Trinajstić information content (AvgIpc) is 2.72. The summed E-state index contributed by atoms with van der Waals surface area (Å²) in [6.45, 7) is 1.92. The van der Waals surface area contributed by atoms with Crippen molar-refractivity contribution in [2.24, 2.45) is 0 Å². The predicted molar refractivity (Wildman–Crippen MR) is 92.0 cm³/mol. The molecule has 0 unspecified atom stereocenters. The van der Waals surface area contributed by atoms with Crippen LogP contribution in [0.3, 0.4) is 0 Å². The molecule has 0 spiro atoms. The Morgan fingerprint density at radius 2 is 1.27 bits per heavy atom. The van der Waals surface area contributed by atoms with Crippen LogP contribution in [0.25, 0.3) is 0 Å². The maximum Gasteiger partial charge on any atom is 0.0436 e.